The van der Waals surface area contributed by atoms with Crippen LogP contribution in [0, 0.1) is 11.8 Å². The highest BCUT2D eigenvalue weighted by molar-refractivity contribution is 7.07. The van der Waals surface area contributed by atoms with Gasteiger partial charge in [-0.3, -0.25) is 4.79 Å². The molecule has 0 aliphatic rings. The van der Waals surface area contributed by atoms with Gasteiger partial charge < -0.3 is 11.1 Å². The SMILES string of the molecule is CC(C)CC(CN)C(=O)NCCc1cscn1. The molecule has 1 aromatic heterocycles. The van der Waals surface area contributed by atoms with Crippen LogP contribution in [-0.4, -0.2) is 24.0 Å². The Morgan fingerprint density at radius 3 is 2.88 bits per heavy atom. The monoisotopic (exact) mass is 255 g/mol. The molecule has 1 aromatic rings. The predicted molar refractivity (Wildman–Crippen MR) is 70.8 cm³/mol. The predicted octanol–water partition coefficient (Wildman–Crippen LogP) is 1.42. The Kier molecular flexibility index (Phi) is 6.15. The van der Waals surface area contributed by atoms with Crippen LogP contribution >= 0.6 is 11.3 Å². The van der Waals surface area contributed by atoms with Crippen LogP contribution in [0.3, 0.4) is 0 Å². The average molecular weight is 255 g/mol. The molecule has 1 heterocycles. The van der Waals surface area contributed by atoms with Crippen LogP contribution in [0.25, 0.3) is 0 Å². The first-order valence-electron chi connectivity index (χ1n) is 5.98. The van der Waals surface area contributed by atoms with E-state index in [1.54, 1.807) is 16.8 Å². The maximum Gasteiger partial charge on any atom is 0.224 e. The number of rotatable bonds is 7. The van der Waals surface area contributed by atoms with Gasteiger partial charge in [0.1, 0.15) is 0 Å². The number of nitrogens with zero attached hydrogens (tertiary/aromatic N) is 1. The molecule has 0 spiro atoms. The summed E-state index contributed by atoms with van der Waals surface area (Å²) < 4.78 is 0. The second kappa shape index (κ2) is 7.40. The van der Waals surface area contributed by atoms with Crippen LogP contribution in [0.4, 0.5) is 0 Å². The van der Waals surface area contributed by atoms with Crippen molar-refractivity contribution in [3.05, 3.63) is 16.6 Å². The molecule has 0 saturated heterocycles. The molecule has 1 amide bonds. The van der Waals surface area contributed by atoms with Crippen molar-refractivity contribution in [3.63, 3.8) is 0 Å². The Morgan fingerprint density at radius 1 is 1.59 bits per heavy atom. The van der Waals surface area contributed by atoms with Crippen LogP contribution < -0.4 is 11.1 Å². The highest BCUT2D eigenvalue weighted by Crippen LogP contribution is 2.10. The van der Waals surface area contributed by atoms with E-state index in [0.717, 1.165) is 18.5 Å². The van der Waals surface area contributed by atoms with E-state index in [2.05, 4.69) is 24.1 Å². The molecule has 0 aliphatic heterocycles. The normalized spacial score (nSPS) is 12.7. The lowest BCUT2D eigenvalue weighted by Gasteiger charge is -2.16. The van der Waals surface area contributed by atoms with E-state index in [1.165, 1.54) is 0 Å². The first-order valence-corrected chi connectivity index (χ1v) is 6.92. The molecule has 4 nitrogen and oxygen atoms in total. The molecule has 96 valence electrons. The summed E-state index contributed by atoms with van der Waals surface area (Å²) in [7, 11) is 0. The topological polar surface area (TPSA) is 68.0 Å². The number of thiazole rings is 1. The number of carbonyl (C=O) groups is 1. The standard InChI is InChI=1S/C12H21N3OS/c1-9(2)5-10(6-13)12(16)14-4-3-11-7-17-8-15-11/h7-10H,3-6,13H2,1-2H3,(H,14,16). The number of carbonyl (C=O) groups excluding carboxylic acids is 1. The number of hydrogen-bond donors (Lipinski definition) is 2. The molecule has 3 N–H and O–H groups in total. The summed E-state index contributed by atoms with van der Waals surface area (Å²) in [5, 5.41) is 4.92. The first kappa shape index (κ1) is 14.1. The number of nitrogens with two attached hydrogens (primary N) is 1. The van der Waals surface area contributed by atoms with Gasteiger partial charge in [0.15, 0.2) is 0 Å². The molecule has 0 radical (unpaired) electrons. The van der Waals surface area contributed by atoms with Crippen LogP contribution in [0.1, 0.15) is 26.0 Å². The van der Waals surface area contributed by atoms with Crippen LogP contribution in [0.15, 0.2) is 10.9 Å². The summed E-state index contributed by atoms with van der Waals surface area (Å²) in [5.41, 5.74) is 8.45. The Morgan fingerprint density at radius 2 is 2.35 bits per heavy atom. The third kappa shape index (κ3) is 5.28. The fourth-order valence-electron chi connectivity index (χ4n) is 1.70. The van der Waals surface area contributed by atoms with Crippen molar-refractivity contribution < 1.29 is 4.79 Å². The van der Waals surface area contributed by atoms with Gasteiger partial charge in [0, 0.05) is 24.9 Å². The Balaban J connectivity index is 2.27. The smallest absolute Gasteiger partial charge is 0.224 e. The summed E-state index contributed by atoms with van der Waals surface area (Å²) in [6, 6.07) is 0. The quantitative estimate of drug-likeness (QED) is 0.774. The van der Waals surface area contributed by atoms with Gasteiger partial charge in [-0.05, 0) is 12.3 Å². The molecule has 0 aliphatic carbocycles. The second-order valence-electron chi connectivity index (χ2n) is 4.58. The minimum Gasteiger partial charge on any atom is -0.355 e. The highest BCUT2D eigenvalue weighted by Gasteiger charge is 2.17. The number of nitrogens with one attached hydrogen (secondary N) is 1. The fourth-order valence-corrected chi connectivity index (χ4v) is 2.29. The average Bonchev–Trinajstić information content (AvgIpc) is 2.78. The van der Waals surface area contributed by atoms with Gasteiger partial charge in [0.05, 0.1) is 17.1 Å². The van der Waals surface area contributed by atoms with Crippen LogP contribution in [-0.2, 0) is 11.2 Å². The Bertz CT molecular complexity index is 325. The van der Waals surface area contributed by atoms with Crippen molar-refractivity contribution in [1.82, 2.24) is 10.3 Å². The summed E-state index contributed by atoms with van der Waals surface area (Å²) >= 11 is 1.57. The van der Waals surface area contributed by atoms with Gasteiger partial charge in [-0.1, -0.05) is 13.8 Å². The lowest BCUT2D eigenvalue weighted by atomic mass is 9.96. The third-order valence-corrected chi connectivity index (χ3v) is 3.21. The van der Waals surface area contributed by atoms with E-state index in [4.69, 9.17) is 5.73 Å². The maximum absolute atomic E-state index is 11.8. The molecule has 1 rings (SSSR count). The van der Waals surface area contributed by atoms with Gasteiger partial charge in [0.2, 0.25) is 5.91 Å². The third-order valence-electron chi connectivity index (χ3n) is 2.58. The Hall–Kier alpha value is -0.940. The van der Waals surface area contributed by atoms with Gasteiger partial charge >= 0.3 is 0 Å². The fraction of sp³-hybridized carbons (Fsp3) is 0.667. The molecule has 0 fully saturated rings. The highest BCUT2D eigenvalue weighted by atomic mass is 32.1. The zero-order valence-corrected chi connectivity index (χ0v) is 11.3. The summed E-state index contributed by atoms with van der Waals surface area (Å²) in [5.74, 6) is 0.495. The lowest BCUT2D eigenvalue weighted by molar-refractivity contribution is -0.125. The van der Waals surface area contributed by atoms with Crippen molar-refractivity contribution in [2.24, 2.45) is 17.6 Å². The first-order chi connectivity index (χ1) is 8.13. The number of amides is 1. The van der Waals surface area contributed by atoms with E-state index in [-0.39, 0.29) is 11.8 Å². The molecular weight excluding hydrogens is 234 g/mol. The van der Waals surface area contributed by atoms with Crippen molar-refractivity contribution in [2.75, 3.05) is 13.1 Å². The van der Waals surface area contributed by atoms with E-state index in [9.17, 15) is 4.79 Å². The number of hydrogen-bond acceptors (Lipinski definition) is 4. The Labute approximate surface area is 107 Å². The van der Waals surface area contributed by atoms with Gasteiger partial charge in [-0.2, -0.15) is 0 Å². The minimum atomic E-state index is -0.0644. The maximum atomic E-state index is 11.8. The zero-order chi connectivity index (χ0) is 12.7. The number of aromatic nitrogens is 1. The molecule has 5 heteroatoms. The van der Waals surface area contributed by atoms with Crippen LogP contribution in [0.2, 0.25) is 0 Å². The van der Waals surface area contributed by atoms with Crippen molar-refractivity contribution in [1.29, 1.82) is 0 Å². The molecular formula is C12H21N3OS. The van der Waals surface area contributed by atoms with Gasteiger partial charge in [0.25, 0.3) is 0 Å². The van der Waals surface area contributed by atoms with Crippen molar-refractivity contribution >= 4 is 17.2 Å². The van der Waals surface area contributed by atoms with Gasteiger partial charge in [-0.15, -0.1) is 11.3 Å². The van der Waals surface area contributed by atoms with E-state index in [1.807, 2.05) is 5.38 Å². The second-order valence-corrected chi connectivity index (χ2v) is 5.30. The van der Waals surface area contributed by atoms with Crippen LogP contribution in [0.5, 0.6) is 0 Å². The van der Waals surface area contributed by atoms with Gasteiger partial charge in [-0.25, -0.2) is 4.98 Å². The molecule has 0 aromatic carbocycles. The van der Waals surface area contributed by atoms with E-state index in [0.29, 0.717) is 19.0 Å². The van der Waals surface area contributed by atoms with E-state index < -0.39 is 0 Å². The van der Waals surface area contributed by atoms with Crippen molar-refractivity contribution in [2.45, 2.75) is 26.7 Å². The molecule has 0 bridgehead atoms. The zero-order valence-electron chi connectivity index (χ0n) is 10.5. The molecule has 0 saturated carbocycles. The van der Waals surface area contributed by atoms with E-state index >= 15 is 0 Å². The summed E-state index contributed by atoms with van der Waals surface area (Å²) in [4.78, 5) is 16.0. The minimum absolute atomic E-state index is 0.0644. The summed E-state index contributed by atoms with van der Waals surface area (Å²) in [6.07, 6.45) is 1.63. The molecule has 1 atom stereocenters. The van der Waals surface area contributed by atoms with Crippen molar-refractivity contribution in [3.8, 4) is 0 Å². The molecule has 1 unspecified atom stereocenters. The lowest BCUT2D eigenvalue weighted by Crippen LogP contribution is -2.36. The largest absolute Gasteiger partial charge is 0.355 e. The summed E-state index contributed by atoms with van der Waals surface area (Å²) in [6.45, 7) is 5.26. The molecule has 17 heavy (non-hydrogen) atoms.